The molecule has 0 aliphatic heterocycles. The number of para-hydroxylation sites is 1. The van der Waals surface area contributed by atoms with Crippen LogP contribution in [-0.2, 0) is 7.05 Å². The Kier molecular flexibility index (Phi) is 5.77. The number of hydrogen-bond donors (Lipinski definition) is 2. The highest BCUT2D eigenvalue weighted by Crippen LogP contribution is 2.36. The maximum atomic E-state index is 14.3. The van der Waals surface area contributed by atoms with Gasteiger partial charge in [0, 0.05) is 42.1 Å². The number of aromatic nitrogens is 6. The molecule has 0 amide bonds. The molecule has 10 heteroatoms. The summed E-state index contributed by atoms with van der Waals surface area (Å²) in [6.07, 6.45) is 6.51. The molecule has 0 bridgehead atoms. The van der Waals surface area contributed by atoms with Gasteiger partial charge >= 0.3 is 0 Å². The van der Waals surface area contributed by atoms with Crippen LogP contribution in [0.3, 0.4) is 0 Å². The highest BCUT2D eigenvalue weighted by atomic mass is 35.5. The SMILES string of the molecule is C[C@H](Nc1ncnc2[nH]ccc(=O)c12)c1c(Cl)c2cccc(-c3cnn(C)c3)c2c(=O)n1-c1ccccc1. The third-order valence-corrected chi connectivity index (χ3v) is 6.92. The third kappa shape index (κ3) is 3.84. The number of anilines is 1. The summed E-state index contributed by atoms with van der Waals surface area (Å²) in [6.45, 7) is 1.88. The number of benzene rings is 2. The second-order valence-corrected chi connectivity index (χ2v) is 9.34. The summed E-state index contributed by atoms with van der Waals surface area (Å²) < 4.78 is 3.31. The van der Waals surface area contributed by atoms with Gasteiger partial charge in [-0.3, -0.25) is 18.8 Å². The largest absolute Gasteiger partial charge is 0.361 e. The Morgan fingerprint density at radius 1 is 1.00 bits per heavy atom. The number of hydrogen-bond acceptors (Lipinski definition) is 6. The number of rotatable bonds is 5. The fourth-order valence-corrected chi connectivity index (χ4v) is 5.24. The van der Waals surface area contributed by atoms with Crippen molar-refractivity contribution in [2.75, 3.05) is 5.32 Å². The van der Waals surface area contributed by atoms with Gasteiger partial charge in [-0.2, -0.15) is 5.10 Å². The smallest absolute Gasteiger partial charge is 0.263 e. The molecule has 2 N–H and O–H groups in total. The average Bonchev–Trinajstić information content (AvgIpc) is 3.36. The highest BCUT2D eigenvalue weighted by molar-refractivity contribution is 6.36. The number of fused-ring (bicyclic) bond motifs is 2. The minimum Gasteiger partial charge on any atom is -0.361 e. The first kappa shape index (κ1) is 23.6. The maximum Gasteiger partial charge on any atom is 0.263 e. The molecule has 2 aromatic carbocycles. The lowest BCUT2D eigenvalue weighted by Crippen LogP contribution is -2.27. The average molecular weight is 524 g/mol. The number of aryl methyl sites for hydroxylation is 1. The van der Waals surface area contributed by atoms with Gasteiger partial charge in [0.1, 0.15) is 23.2 Å². The zero-order valence-electron chi connectivity index (χ0n) is 20.5. The van der Waals surface area contributed by atoms with Gasteiger partial charge in [-0.25, -0.2) is 9.97 Å². The predicted molar refractivity (Wildman–Crippen MR) is 149 cm³/mol. The molecule has 0 spiro atoms. The first-order chi connectivity index (χ1) is 18.4. The summed E-state index contributed by atoms with van der Waals surface area (Å²) >= 11 is 7.12. The lowest BCUT2D eigenvalue weighted by Gasteiger charge is -2.24. The van der Waals surface area contributed by atoms with E-state index in [9.17, 15) is 9.59 Å². The number of aromatic amines is 1. The van der Waals surface area contributed by atoms with Crippen molar-refractivity contribution in [2.45, 2.75) is 13.0 Å². The van der Waals surface area contributed by atoms with E-state index >= 15 is 0 Å². The molecule has 38 heavy (non-hydrogen) atoms. The standard InChI is InChI=1S/C28H22ClN7O2/c1-16(34-27-23-21(37)11-12-30-26(23)31-15-32-27)25-24(29)20-10-6-9-19(17-13-33-35(2)14-17)22(20)28(38)36(25)18-7-4-3-5-8-18/h3-16H,1-2H3,(H2,30,31,32,34,37)/t16-/m0/s1. The normalized spacial score (nSPS) is 12.2. The van der Waals surface area contributed by atoms with Crippen molar-refractivity contribution in [2.24, 2.45) is 7.05 Å². The fourth-order valence-electron chi connectivity index (χ4n) is 4.83. The summed E-state index contributed by atoms with van der Waals surface area (Å²) in [6, 6.07) is 15.9. The Labute approximate surface area is 221 Å². The molecule has 0 aliphatic rings. The van der Waals surface area contributed by atoms with E-state index in [-0.39, 0.29) is 11.0 Å². The third-order valence-electron chi connectivity index (χ3n) is 6.53. The quantitative estimate of drug-likeness (QED) is 0.334. The Bertz CT molecular complexity index is 1940. The molecule has 188 valence electrons. The van der Waals surface area contributed by atoms with Gasteiger partial charge in [0.2, 0.25) is 0 Å². The first-order valence-corrected chi connectivity index (χ1v) is 12.3. The van der Waals surface area contributed by atoms with Crippen molar-refractivity contribution < 1.29 is 0 Å². The zero-order valence-corrected chi connectivity index (χ0v) is 21.3. The highest BCUT2D eigenvalue weighted by Gasteiger charge is 2.24. The summed E-state index contributed by atoms with van der Waals surface area (Å²) in [5.74, 6) is 0.344. The van der Waals surface area contributed by atoms with E-state index in [0.29, 0.717) is 44.0 Å². The van der Waals surface area contributed by atoms with Gasteiger partial charge in [0.25, 0.3) is 5.56 Å². The molecule has 4 aromatic heterocycles. The Morgan fingerprint density at radius 3 is 2.58 bits per heavy atom. The number of nitrogens with zero attached hydrogens (tertiary/aromatic N) is 5. The van der Waals surface area contributed by atoms with E-state index in [2.05, 4.69) is 25.4 Å². The van der Waals surface area contributed by atoms with Gasteiger partial charge < -0.3 is 10.3 Å². The number of halogens is 1. The molecular weight excluding hydrogens is 502 g/mol. The lowest BCUT2D eigenvalue weighted by molar-refractivity contribution is 0.768. The predicted octanol–water partition coefficient (Wildman–Crippen LogP) is 4.85. The maximum absolute atomic E-state index is 14.3. The number of nitrogens with one attached hydrogen (secondary N) is 2. The van der Waals surface area contributed by atoms with Gasteiger partial charge in [-0.15, -0.1) is 0 Å². The molecule has 0 radical (unpaired) electrons. The van der Waals surface area contributed by atoms with Gasteiger partial charge in [-0.1, -0.05) is 48.0 Å². The van der Waals surface area contributed by atoms with Crippen LogP contribution in [0.25, 0.3) is 38.6 Å². The molecule has 0 saturated carbocycles. The molecule has 0 aliphatic carbocycles. The van der Waals surface area contributed by atoms with Gasteiger partial charge in [0.15, 0.2) is 5.43 Å². The topological polar surface area (TPSA) is 110 Å². The molecular formula is C28H22ClN7O2. The van der Waals surface area contributed by atoms with Crippen LogP contribution in [0, 0.1) is 0 Å². The molecule has 6 aromatic rings. The number of H-pyrrole nitrogens is 1. The van der Waals surface area contributed by atoms with Crippen molar-refractivity contribution in [3.8, 4) is 16.8 Å². The first-order valence-electron chi connectivity index (χ1n) is 11.9. The van der Waals surface area contributed by atoms with E-state index in [1.165, 1.54) is 18.6 Å². The molecule has 1 atom stereocenters. The van der Waals surface area contributed by atoms with Crippen molar-refractivity contribution in [1.29, 1.82) is 0 Å². The monoisotopic (exact) mass is 523 g/mol. The molecule has 0 fully saturated rings. The number of pyridine rings is 2. The van der Waals surface area contributed by atoms with Crippen LogP contribution < -0.4 is 16.3 Å². The second-order valence-electron chi connectivity index (χ2n) is 8.96. The van der Waals surface area contributed by atoms with Crippen molar-refractivity contribution in [3.63, 3.8) is 0 Å². The van der Waals surface area contributed by atoms with Crippen molar-refractivity contribution in [3.05, 3.63) is 111 Å². The van der Waals surface area contributed by atoms with Crippen LogP contribution in [0.15, 0.2) is 89.1 Å². The summed E-state index contributed by atoms with van der Waals surface area (Å²) in [4.78, 5) is 38.4. The van der Waals surface area contributed by atoms with Crippen LogP contribution in [0.1, 0.15) is 18.7 Å². The lowest BCUT2D eigenvalue weighted by atomic mass is 9.99. The Morgan fingerprint density at radius 2 is 1.82 bits per heavy atom. The fraction of sp³-hybridized carbons (Fsp3) is 0.107. The van der Waals surface area contributed by atoms with E-state index in [4.69, 9.17) is 11.6 Å². The summed E-state index contributed by atoms with van der Waals surface area (Å²) in [7, 11) is 1.83. The van der Waals surface area contributed by atoms with Gasteiger partial charge in [0.05, 0.1) is 28.3 Å². The van der Waals surface area contributed by atoms with Crippen LogP contribution >= 0.6 is 11.6 Å². The molecule has 6 rings (SSSR count). The minimum absolute atomic E-state index is 0.218. The van der Waals surface area contributed by atoms with E-state index in [1.807, 2.05) is 68.7 Å². The van der Waals surface area contributed by atoms with Crippen LogP contribution in [0.4, 0.5) is 5.82 Å². The van der Waals surface area contributed by atoms with E-state index in [0.717, 1.165) is 11.1 Å². The second kappa shape index (κ2) is 9.28. The van der Waals surface area contributed by atoms with E-state index in [1.54, 1.807) is 15.4 Å². The van der Waals surface area contributed by atoms with Crippen LogP contribution in [0.2, 0.25) is 5.02 Å². The van der Waals surface area contributed by atoms with E-state index < -0.39 is 6.04 Å². The van der Waals surface area contributed by atoms with Crippen LogP contribution in [-0.4, -0.2) is 29.3 Å². The Balaban J connectivity index is 1.62. The molecule has 0 saturated heterocycles. The van der Waals surface area contributed by atoms with Crippen molar-refractivity contribution in [1.82, 2.24) is 29.3 Å². The van der Waals surface area contributed by atoms with Gasteiger partial charge in [-0.05, 0) is 24.6 Å². The summed E-state index contributed by atoms with van der Waals surface area (Å²) in [5.41, 5.74) is 2.73. The molecule has 4 heterocycles. The van der Waals surface area contributed by atoms with Crippen LogP contribution in [0.5, 0.6) is 0 Å². The Hall–Kier alpha value is -4.76. The minimum atomic E-state index is -0.514. The van der Waals surface area contributed by atoms with Crippen molar-refractivity contribution >= 4 is 39.2 Å². The molecule has 9 nitrogen and oxygen atoms in total. The summed E-state index contributed by atoms with van der Waals surface area (Å²) in [5, 5.41) is 9.45. The zero-order chi connectivity index (χ0) is 26.4. The molecule has 0 unspecified atom stereocenters.